The molecule has 124 valence electrons. The van der Waals surface area contributed by atoms with E-state index in [9.17, 15) is 19.5 Å². The summed E-state index contributed by atoms with van der Waals surface area (Å²) in [6.45, 7) is 0. The number of nitrogens with one attached hydrogen (secondary N) is 1. The summed E-state index contributed by atoms with van der Waals surface area (Å²) < 4.78 is 0. The number of thioether (sulfide) groups is 2. The Morgan fingerprint density at radius 2 is 2.33 bits per heavy atom. The van der Waals surface area contributed by atoms with Gasteiger partial charge in [0.1, 0.15) is 17.1 Å². The van der Waals surface area contributed by atoms with Crippen molar-refractivity contribution in [3.05, 3.63) is 46.1 Å². The van der Waals surface area contributed by atoms with Crippen LogP contribution in [0.15, 0.2) is 40.4 Å². The molecule has 2 amide bonds. The molecular weight excluding hydrogens is 350 g/mol. The number of amides is 2. The first-order valence-corrected chi connectivity index (χ1v) is 8.91. The van der Waals surface area contributed by atoms with Crippen LogP contribution >= 0.6 is 23.5 Å². The van der Waals surface area contributed by atoms with Gasteiger partial charge in [-0.05, 0) is 23.6 Å². The third kappa shape index (κ3) is 3.04. The normalized spacial score (nSPS) is 23.0. The Kier molecular flexibility index (Phi) is 4.91. The molecule has 1 fully saturated rings. The Balaban J connectivity index is 1.78. The van der Waals surface area contributed by atoms with Crippen LogP contribution in [0.1, 0.15) is 5.69 Å². The Morgan fingerprint density at radius 3 is 3.00 bits per heavy atom. The molecule has 0 bridgehead atoms. The van der Waals surface area contributed by atoms with Gasteiger partial charge < -0.3 is 10.4 Å². The van der Waals surface area contributed by atoms with Gasteiger partial charge in [-0.15, -0.1) is 11.8 Å². The second kappa shape index (κ2) is 7.10. The highest BCUT2D eigenvalue weighted by molar-refractivity contribution is 8.08. The number of aromatic nitrogens is 1. The average molecular weight is 363 g/mol. The van der Waals surface area contributed by atoms with Gasteiger partial charge in [-0.3, -0.25) is 19.5 Å². The Bertz CT molecular complexity index is 735. The van der Waals surface area contributed by atoms with E-state index in [4.69, 9.17) is 0 Å². The van der Waals surface area contributed by atoms with Crippen LogP contribution in [-0.2, 0) is 14.4 Å². The van der Waals surface area contributed by atoms with Crippen LogP contribution in [0.5, 0.6) is 0 Å². The molecule has 2 N–H and O–H groups in total. The first kappa shape index (κ1) is 16.6. The molecule has 2 aliphatic heterocycles. The number of fused-ring (bicyclic) bond motifs is 1. The fourth-order valence-corrected chi connectivity index (χ4v) is 4.79. The number of nitrogens with zero attached hydrogens (tertiary/aromatic N) is 2. The fourth-order valence-electron chi connectivity index (χ4n) is 2.44. The maximum atomic E-state index is 12.1. The molecule has 24 heavy (non-hydrogen) atoms. The molecule has 0 radical (unpaired) electrons. The van der Waals surface area contributed by atoms with E-state index in [-0.39, 0.29) is 11.1 Å². The van der Waals surface area contributed by atoms with E-state index in [1.165, 1.54) is 28.4 Å². The lowest BCUT2D eigenvalue weighted by Crippen LogP contribution is -2.69. The molecule has 2 atom stereocenters. The molecule has 9 heteroatoms. The molecule has 0 spiro atoms. The van der Waals surface area contributed by atoms with Gasteiger partial charge in [0, 0.05) is 16.9 Å². The van der Waals surface area contributed by atoms with Crippen LogP contribution in [0.25, 0.3) is 6.08 Å². The molecule has 2 aliphatic rings. The predicted molar refractivity (Wildman–Crippen MR) is 91.6 cm³/mol. The lowest BCUT2D eigenvalue weighted by Gasteiger charge is -2.48. The van der Waals surface area contributed by atoms with E-state index in [1.807, 2.05) is 18.2 Å². The third-order valence-electron chi connectivity index (χ3n) is 3.52. The molecule has 0 aromatic carbocycles. The van der Waals surface area contributed by atoms with Crippen LogP contribution < -0.4 is 5.32 Å². The zero-order valence-corrected chi connectivity index (χ0v) is 13.9. The summed E-state index contributed by atoms with van der Waals surface area (Å²) in [7, 11) is 0. The number of carboxylic acid groups (broad SMARTS) is 1. The van der Waals surface area contributed by atoms with Crippen molar-refractivity contribution in [3.8, 4) is 0 Å². The van der Waals surface area contributed by atoms with Crippen molar-refractivity contribution >= 4 is 47.9 Å². The fraction of sp³-hybridized carbons (Fsp3) is 0.200. The number of carbonyl (C=O) groups is 3. The highest BCUT2D eigenvalue weighted by atomic mass is 32.2. The minimum Gasteiger partial charge on any atom is -0.477 e. The van der Waals surface area contributed by atoms with Crippen molar-refractivity contribution in [2.75, 3.05) is 5.75 Å². The van der Waals surface area contributed by atoms with E-state index in [1.54, 1.807) is 17.7 Å². The third-order valence-corrected chi connectivity index (χ3v) is 5.88. The lowest BCUT2D eigenvalue weighted by molar-refractivity contribution is -0.149. The van der Waals surface area contributed by atoms with Crippen molar-refractivity contribution in [3.63, 3.8) is 0 Å². The molecule has 1 saturated heterocycles. The molecule has 7 nitrogen and oxygen atoms in total. The summed E-state index contributed by atoms with van der Waals surface area (Å²) in [5, 5.41) is 13.3. The maximum absolute atomic E-state index is 12.1. The number of carbonyl (C=O) groups excluding carboxylic acids is 2. The summed E-state index contributed by atoms with van der Waals surface area (Å²) in [5.74, 6) is -1.08. The molecule has 1 aromatic heterocycles. The number of hydrogen-bond acceptors (Lipinski definition) is 6. The molecule has 0 aliphatic carbocycles. The SMILES string of the molecule is O=CNC1C(=O)N2C(C(=O)O)=C(S/C=C\c3ccccn3)CS[C@@H]12. The van der Waals surface area contributed by atoms with Gasteiger partial charge in [-0.1, -0.05) is 17.8 Å². The average Bonchev–Trinajstić information content (AvgIpc) is 2.59. The first-order valence-electron chi connectivity index (χ1n) is 6.98. The highest BCUT2D eigenvalue weighted by Gasteiger charge is 2.53. The molecule has 1 unspecified atom stereocenters. The van der Waals surface area contributed by atoms with Gasteiger partial charge in [-0.25, -0.2) is 4.79 Å². The van der Waals surface area contributed by atoms with Crippen molar-refractivity contribution in [2.24, 2.45) is 0 Å². The van der Waals surface area contributed by atoms with E-state index in [0.29, 0.717) is 17.1 Å². The maximum Gasteiger partial charge on any atom is 0.353 e. The predicted octanol–water partition coefficient (Wildman–Crippen LogP) is 1.11. The van der Waals surface area contributed by atoms with E-state index in [0.717, 1.165) is 5.69 Å². The lowest BCUT2D eigenvalue weighted by atomic mass is 10.1. The zero-order chi connectivity index (χ0) is 17.1. The van der Waals surface area contributed by atoms with Crippen LogP contribution in [-0.4, -0.2) is 50.4 Å². The summed E-state index contributed by atoms with van der Waals surface area (Å²) in [6.07, 6.45) is 3.92. The second-order valence-electron chi connectivity index (χ2n) is 4.92. The van der Waals surface area contributed by atoms with Crippen LogP contribution in [0, 0.1) is 0 Å². The zero-order valence-electron chi connectivity index (χ0n) is 12.3. The Hall–Kier alpha value is -2.26. The summed E-state index contributed by atoms with van der Waals surface area (Å²) in [5.41, 5.74) is 0.752. The smallest absolute Gasteiger partial charge is 0.353 e. The Morgan fingerprint density at radius 1 is 1.50 bits per heavy atom. The van der Waals surface area contributed by atoms with Gasteiger partial charge >= 0.3 is 5.97 Å². The summed E-state index contributed by atoms with van der Waals surface area (Å²) in [6, 6.07) is 4.85. The molecule has 3 rings (SSSR count). The number of rotatable bonds is 6. The van der Waals surface area contributed by atoms with Gasteiger partial charge in [0.25, 0.3) is 5.91 Å². The number of pyridine rings is 1. The first-order chi connectivity index (χ1) is 11.6. The van der Waals surface area contributed by atoms with Crippen molar-refractivity contribution in [1.29, 1.82) is 0 Å². The van der Waals surface area contributed by atoms with Crippen molar-refractivity contribution in [1.82, 2.24) is 15.2 Å². The van der Waals surface area contributed by atoms with Crippen LogP contribution in [0.3, 0.4) is 0 Å². The number of hydrogen-bond donors (Lipinski definition) is 2. The minimum absolute atomic E-state index is 0.0108. The van der Waals surface area contributed by atoms with Crippen LogP contribution in [0.4, 0.5) is 0 Å². The minimum atomic E-state index is -1.15. The molecule has 1 aromatic rings. The number of β-lactam (4-membered cyclic amide) rings is 1. The van der Waals surface area contributed by atoms with Gasteiger partial charge in [-0.2, -0.15) is 0 Å². The topological polar surface area (TPSA) is 99.6 Å². The number of carboxylic acids is 1. The van der Waals surface area contributed by atoms with E-state index >= 15 is 0 Å². The highest BCUT2D eigenvalue weighted by Crippen LogP contribution is 2.43. The summed E-state index contributed by atoms with van der Waals surface area (Å²) in [4.78, 5) is 40.2. The van der Waals surface area contributed by atoms with E-state index < -0.39 is 17.9 Å². The number of aliphatic carboxylic acids is 1. The van der Waals surface area contributed by atoms with Crippen molar-refractivity contribution < 1.29 is 19.5 Å². The molecule has 0 saturated carbocycles. The van der Waals surface area contributed by atoms with Crippen LogP contribution in [0.2, 0.25) is 0 Å². The van der Waals surface area contributed by atoms with Gasteiger partial charge in [0.15, 0.2) is 0 Å². The molecular formula is C15H13N3O4S2. The largest absolute Gasteiger partial charge is 0.477 e. The quantitative estimate of drug-likeness (QED) is 0.577. The molecule has 3 heterocycles. The van der Waals surface area contributed by atoms with E-state index in [2.05, 4.69) is 10.3 Å². The standard InChI is InChI=1S/C15H13N3O4S2/c19-8-17-11-13(20)18-12(15(21)22)10(7-24-14(11)18)23-6-4-9-3-1-2-5-16-9/h1-6,8,11,14H,7H2,(H,17,19)(H,21,22)/b6-4-/t11?,14-/m0/s1. The van der Waals surface area contributed by atoms with Crippen molar-refractivity contribution in [2.45, 2.75) is 11.4 Å². The second-order valence-corrected chi connectivity index (χ2v) is 7.03. The van der Waals surface area contributed by atoms with Gasteiger partial charge in [0.2, 0.25) is 6.41 Å². The summed E-state index contributed by atoms with van der Waals surface area (Å²) >= 11 is 2.69. The monoisotopic (exact) mass is 363 g/mol. The Labute approximate surface area is 146 Å². The van der Waals surface area contributed by atoms with Gasteiger partial charge in [0.05, 0.1) is 5.69 Å².